The van der Waals surface area contributed by atoms with Crippen LogP contribution in [0, 0.1) is 0 Å². The van der Waals surface area contributed by atoms with Gasteiger partial charge in [-0.2, -0.15) is 0 Å². The summed E-state index contributed by atoms with van der Waals surface area (Å²) in [6.07, 6.45) is 6.35. The zero-order chi connectivity index (χ0) is 12.3. The van der Waals surface area contributed by atoms with E-state index in [4.69, 9.17) is 16.0 Å². The molecule has 0 bridgehead atoms. The van der Waals surface area contributed by atoms with E-state index in [1.807, 2.05) is 23.9 Å². The Morgan fingerprint density at radius 1 is 1.59 bits per heavy atom. The lowest BCUT2D eigenvalue weighted by atomic mass is 10.1. The molecule has 0 saturated carbocycles. The van der Waals surface area contributed by atoms with E-state index in [2.05, 4.69) is 17.2 Å². The summed E-state index contributed by atoms with van der Waals surface area (Å²) in [5.41, 5.74) is 0.925. The average Bonchev–Trinajstić information content (AvgIpc) is 2.90. The lowest BCUT2D eigenvalue weighted by Gasteiger charge is -2.17. The Bertz CT molecular complexity index is 437. The molecule has 92 valence electrons. The number of halogens is 1. The predicted octanol–water partition coefficient (Wildman–Crippen LogP) is 2.76. The van der Waals surface area contributed by atoms with E-state index in [-0.39, 0.29) is 6.04 Å². The van der Waals surface area contributed by atoms with Crippen molar-refractivity contribution in [3.05, 3.63) is 41.3 Å². The van der Waals surface area contributed by atoms with Crippen molar-refractivity contribution in [2.75, 3.05) is 6.54 Å². The topological polar surface area (TPSA) is 43.0 Å². The largest absolute Gasteiger partial charge is 0.453 e. The minimum atomic E-state index is -0.0267. The molecule has 0 saturated heterocycles. The second kappa shape index (κ2) is 5.38. The number of nitrogens with zero attached hydrogens (tertiary/aromatic N) is 2. The Morgan fingerprint density at radius 2 is 2.41 bits per heavy atom. The van der Waals surface area contributed by atoms with Gasteiger partial charge in [-0.1, -0.05) is 6.92 Å². The molecule has 4 nitrogen and oxygen atoms in total. The maximum Gasteiger partial charge on any atom is 0.198 e. The first-order chi connectivity index (χ1) is 8.24. The first-order valence-corrected chi connectivity index (χ1v) is 6.05. The quantitative estimate of drug-likeness (QED) is 0.891. The number of aryl methyl sites for hydroxylation is 1. The second-order valence-corrected chi connectivity index (χ2v) is 4.28. The Hall–Kier alpha value is -1.26. The van der Waals surface area contributed by atoms with Crippen LogP contribution in [0.15, 0.2) is 29.1 Å². The van der Waals surface area contributed by atoms with Gasteiger partial charge in [0.25, 0.3) is 0 Å². The highest BCUT2D eigenvalue weighted by atomic mass is 35.5. The van der Waals surface area contributed by atoms with E-state index in [0.29, 0.717) is 5.22 Å². The molecule has 0 aliphatic carbocycles. The lowest BCUT2D eigenvalue weighted by molar-refractivity contribution is 0.533. The summed E-state index contributed by atoms with van der Waals surface area (Å²) in [5, 5.41) is 3.85. The molecule has 2 aromatic rings. The Morgan fingerprint density at radius 3 is 2.94 bits per heavy atom. The molecule has 1 unspecified atom stereocenters. The van der Waals surface area contributed by atoms with Crippen LogP contribution < -0.4 is 5.32 Å². The fourth-order valence-electron chi connectivity index (χ4n) is 1.79. The van der Waals surface area contributed by atoms with E-state index in [9.17, 15) is 0 Å². The van der Waals surface area contributed by atoms with E-state index in [0.717, 1.165) is 24.4 Å². The molecule has 2 rings (SSSR count). The van der Waals surface area contributed by atoms with Gasteiger partial charge in [0, 0.05) is 25.0 Å². The molecule has 0 radical (unpaired) electrons. The van der Waals surface area contributed by atoms with Gasteiger partial charge in [0.05, 0.1) is 12.3 Å². The zero-order valence-electron chi connectivity index (χ0n) is 9.98. The van der Waals surface area contributed by atoms with Crippen LogP contribution in [0.3, 0.4) is 0 Å². The highest BCUT2D eigenvalue weighted by Gasteiger charge is 2.21. The third-order valence-corrected chi connectivity index (χ3v) is 2.98. The van der Waals surface area contributed by atoms with Crippen molar-refractivity contribution in [2.24, 2.45) is 7.05 Å². The number of furan rings is 1. The van der Waals surface area contributed by atoms with Crippen LogP contribution in [-0.4, -0.2) is 16.1 Å². The Balaban J connectivity index is 2.32. The van der Waals surface area contributed by atoms with Crippen LogP contribution in [0.25, 0.3) is 0 Å². The van der Waals surface area contributed by atoms with Gasteiger partial charge in [-0.05, 0) is 30.6 Å². The van der Waals surface area contributed by atoms with E-state index in [1.165, 1.54) is 0 Å². The molecular weight excluding hydrogens is 238 g/mol. The summed E-state index contributed by atoms with van der Waals surface area (Å²) in [6, 6.07) is 1.85. The first kappa shape index (κ1) is 12.2. The molecule has 0 aliphatic heterocycles. The Kier molecular flexibility index (Phi) is 3.86. The van der Waals surface area contributed by atoms with Crippen molar-refractivity contribution in [3.63, 3.8) is 0 Å². The van der Waals surface area contributed by atoms with Gasteiger partial charge in [-0.25, -0.2) is 4.98 Å². The molecule has 17 heavy (non-hydrogen) atoms. The van der Waals surface area contributed by atoms with Crippen LogP contribution >= 0.6 is 11.6 Å². The Labute approximate surface area is 106 Å². The van der Waals surface area contributed by atoms with Crippen molar-refractivity contribution < 1.29 is 4.42 Å². The molecule has 0 amide bonds. The first-order valence-electron chi connectivity index (χ1n) is 5.67. The highest BCUT2D eigenvalue weighted by molar-refractivity contribution is 6.29. The van der Waals surface area contributed by atoms with Crippen LogP contribution in [0.1, 0.15) is 30.8 Å². The maximum atomic E-state index is 6.04. The molecule has 5 heteroatoms. The van der Waals surface area contributed by atoms with E-state index >= 15 is 0 Å². The number of rotatable bonds is 5. The van der Waals surface area contributed by atoms with Crippen molar-refractivity contribution in [1.29, 1.82) is 0 Å². The molecule has 1 atom stereocenters. The standard InChI is InChI=1S/C12H16ClN3O/c1-3-5-14-10(9-4-8-17-11(9)13)12-15-6-7-16(12)2/h4,6-8,10,14H,3,5H2,1-2H3. The number of hydrogen-bond acceptors (Lipinski definition) is 3. The third kappa shape index (κ3) is 2.53. The molecule has 2 heterocycles. The summed E-state index contributed by atoms with van der Waals surface area (Å²) < 4.78 is 7.13. The van der Waals surface area contributed by atoms with Crippen molar-refractivity contribution in [1.82, 2.24) is 14.9 Å². The van der Waals surface area contributed by atoms with Gasteiger partial charge in [0.2, 0.25) is 0 Å². The van der Waals surface area contributed by atoms with Crippen LogP contribution in [0.2, 0.25) is 5.22 Å². The van der Waals surface area contributed by atoms with Crippen LogP contribution in [-0.2, 0) is 7.05 Å². The molecule has 2 aromatic heterocycles. The number of imidazole rings is 1. The van der Waals surface area contributed by atoms with Gasteiger partial charge in [-0.15, -0.1) is 0 Å². The molecule has 0 spiro atoms. The fraction of sp³-hybridized carbons (Fsp3) is 0.417. The van der Waals surface area contributed by atoms with Crippen molar-refractivity contribution >= 4 is 11.6 Å². The number of nitrogens with one attached hydrogen (secondary N) is 1. The summed E-state index contributed by atoms with van der Waals surface area (Å²) >= 11 is 6.04. The summed E-state index contributed by atoms with van der Waals surface area (Å²) in [7, 11) is 1.97. The van der Waals surface area contributed by atoms with Crippen molar-refractivity contribution in [2.45, 2.75) is 19.4 Å². The number of hydrogen-bond donors (Lipinski definition) is 1. The summed E-state index contributed by atoms with van der Waals surface area (Å²) in [5.74, 6) is 0.932. The van der Waals surface area contributed by atoms with E-state index < -0.39 is 0 Å². The van der Waals surface area contributed by atoms with Crippen LogP contribution in [0.4, 0.5) is 0 Å². The van der Waals surface area contributed by atoms with Crippen LogP contribution in [0.5, 0.6) is 0 Å². The van der Waals surface area contributed by atoms with Gasteiger partial charge in [-0.3, -0.25) is 0 Å². The molecule has 0 aromatic carbocycles. The molecule has 1 N–H and O–H groups in total. The smallest absolute Gasteiger partial charge is 0.198 e. The average molecular weight is 254 g/mol. The molecule has 0 aliphatic rings. The third-order valence-electron chi connectivity index (χ3n) is 2.67. The van der Waals surface area contributed by atoms with Gasteiger partial charge in [0.1, 0.15) is 5.82 Å². The normalized spacial score (nSPS) is 12.9. The maximum absolute atomic E-state index is 6.04. The molecule has 0 fully saturated rings. The minimum absolute atomic E-state index is 0.0267. The van der Waals surface area contributed by atoms with Crippen molar-refractivity contribution in [3.8, 4) is 0 Å². The fourth-order valence-corrected chi connectivity index (χ4v) is 2.02. The molecular formula is C12H16ClN3O. The minimum Gasteiger partial charge on any atom is -0.453 e. The lowest BCUT2D eigenvalue weighted by Crippen LogP contribution is -2.25. The zero-order valence-corrected chi connectivity index (χ0v) is 10.7. The number of aromatic nitrogens is 2. The van der Waals surface area contributed by atoms with Gasteiger partial charge >= 0.3 is 0 Å². The highest BCUT2D eigenvalue weighted by Crippen LogP contribution is 2.28. The van der Waals surface area contributed by atoms with Gasteiger partial charge in [0.15, 0.2) is 5.22 Å². The SMILES string of the molecule is CCCNC(c1ccoc1Cl)c1nccn1C. The predicted molar refractivity (Wildman–Crippen MR) is 67.1 cm³/mol. The summed E-state index contributed by atoms with van der Waals surface area (Å²) in [4.78, 5) is 4.37. The second-order valence-electron chi connectivity index (χ2n) is 3.93. The van der Waals surface area contributed by atoms with Gasteiger partial charge < -0.3 is 14.3 Å². The monoisotopic (exact) mass is 253 g/mol. The van der Waals surface area contributed by atoms with E-state index in [1.54, 1.807) is 12.5 Å². The summed E-state index contributed by atoms with van der Waals surface area (Å²) in [6.45, 7) is 3.03.